The van der Waals surface area contributed by atoms with Crippen LogP contribution in [0.2, 0.25) is 0 Å². The molecule has 1 heterocycles. The number of aliphatic hydroxyl groups excluding tert-OH is 1. The van der Waals surface area contributed by atoms with Gasteiger partial charge < -0.3 is 9.52 Å². The first-order valence-corrected chi connectivity index (χ1v) is 7.37. The zero-order chi connectivity index (χ0) is 16.2. The number of hydrogen-bond acceptors (Lipinski definition) is 4. The predicted molar refractivity (Wildman–Crippen MR) is 76.4 cm³/mol. The molecule has 118 valence electrons. The van der Waals surface area contributed by atoms with Gasteiger partial charge in [-0.2, -0.15) is 13.2 Å². The van der Waals surface area contributed by atoms with Crippen LogP contribution in [0.1, 0.15) is 23.3 Å². The number of alkyl halides is 3. The monoisotopic (exact) mass is 330 g/mol. The first-order chi connectivity index (χ1) is 10.4. The lowest BCUT2D eigenvalue weighted by Gasteiger charge is -2.20. The molecule has 0 aliphatic heterocycles. The Bertz CT molecular complexity index is 596. The molecule has 0 spiro atoms. The van der Waals surface area contributed by atoms with E-state index < -0.39 is 29.1 Å². The Morgan fingerprint density at radius 2 is 1.86 bits per heavy atom. The van der Waals surface area contributed by atoms with E-state index in [1.165, 1.54) is 18.4 Å². The summed E-state index contributed by atoms with van der Waals surface area (Å²) in [5.74, 6) is -2.28. The molecule has 0 aliphatic carbocycles. The molecule has 2 atom stereocenters. The second-order valence-electron chi connectivity index (χ2n) is 4.57. The summed E-state index contributed by atoms with van der Waals surface area (Å²) < 4.78 is 42.0. The third-order valence-corrected chi connectivity index (χ3v) is 3.95. The summed E-state index contributed by atoms with van der Waals surface area (Å²) in [5.41, 5.74) is 0.436. The van der Waals surface area contributed by atoms with Gasteiger partial charge in [-0.05, 0) is 17.7 Å². The summed E-state index contributed by atoms with van der Waals surface area (Å²) in [5, 5.41) is 9.56. The number of halogens is 3. The van der Waals surface area contributed by atoms with Crippen LogP contribution < -0.4 is 0 Å². The Kier molecular flexibility index (Phi) is 5.31. The number of rotatable bonds is 5. The number of aliphatic hydroxyl groups is 1. The summed E-state index contributed by atoms with van der Waals surface area (Å²) in [6.45, 7) is 0. The number of hydrogen-bond donors (Lipinski definition) is 1. The van der Waals surface area contributed by atoms with Crippen molar-refractivity contribution in [2.24, 2.45) is 0 Å². The summed E-state index contributed by atoms with van der Waals surface area (Å²) in [6, 6.07) is 11.2. The van der Waals surface area contributed by atoms with Crippen LogP contribution in [0.4, 0.5) is 13.2 Å². The molecule has 0 radical (unpaired) electrons. The zero-order valence-corrected chi connectivity index (χ0v) is 12.1. The summed E-state index contributed by atoms with van der Waals surface area (Å²) in [4.78, 5) is 12.2. The number of furan rings is 1. The van der Waals surface area contributed by atoms with E-state index in [1.807, 2.05) is 0 Å². The average molecular weight is 330 g/mol. The van der Waals surface area contributed by atoms with Gasteiger partial charge in [0.05, 0.1) is 17.9 Å². The second kappa shape index (κ2) is 7.02. The van der Waals surface area contributed by atoms with Crippen LogP contribution in [0.3, 0.4) is 0 Å². The average Bonchev–Trinajstić information content (AvgIpc) is 3.00. The number of thioether (sulfide) groups is 1. The molecule has 7 heteroatoms. The molecule has 0 unspecified atom stereocenters. The fraction of sp³-hybridized carbons (Fsp3) is 0.267. The first-order valence-electron chi connectivity index (χ1n) is 6.38. The lowest BCUT2D eigenvalue weighted by molar-refractivity contribution is -0.117. The molecule has 3 nitrogen and oxygen atoms in total. The Morgan fingerprint density at radius 1 is 1.18 bits per heavy atom. The molecular weight excluding hydrogens is 317 g/mol. The van der Waals surface area contributed by atoms with Crippen molar-refractivity contribution in [3.05, 3.63) is 60.1 Å². The quantitative estimate of drug-likeness (QED) is 0.903. The van der Waals surface area contributed by atoms with Gasteiger partial charge in [0.2, 0.25) is 0 Å². The maximum absolute atomic E-state index is 12.3. The highest BCUT2D eigenvalue weighted by Gasteiger charge is 2.35. The number of benzene rings is 1. The van der Waals surface area contributed by atoms with Gasteiger partial charge >= 0.3 is 6.18 Å². The maximum Gasteiger partial charge on any atom is 0.398 e. The largest absolute Gasteiger partial charge is 0.467 e. The molecule has 0 amide bonds. The van der Waals surface area contributed by atoms with Gasteiger partial charge in [-0.1, -0.05) is 42.1 Å². The van der Waals surface area contributed by atoms with Crippen LogP contribution in [-0.4, -0.2) is 22.2 Å². The molecule has 2 aromatic rings. The molecule has 0 fully saturated rings. The molecule has 0 bridgehead atoms. The fourth-order valence-electron chi connectivity index (χ4n) is 1.97. The minimum atomic E-state index is -4.45. The molecular formula is C15H13F3O3S. The van der Waals surface area contributed by atoms with E-state index in [-0.39, 0.29) is 17.5 Å². The molecule has 2 rings (SSSR count). The number of carbonyl (C=O) groups is 1. The highest BCUT2D eigenvalue weighted by molar-refractivity contribution is 8.13. The van der Waals surface area contributed by atoms with E-state index in [9.17, 15) is 23.1 Å². The van der Waals surface area contributed by atoms with Crippen molar-refractivity contribution in [2.45, 2.75) is 18.2 Å². The second-order valence-corrected chi connectivity index (χ2v) is 5.55. The van der Waals surface area contributed by atoms with E-state index in [0.717, 1.165) is 0 Å². The van der Waals surface area contributed by atoms with Crippen LogP contribution >= 0.6 is 11.8 Å². The SMILES string of the molecule is O=C(SCC(F)(F)F)[C@H](c1ccccc1)[C@@H](O)c1ccco1. The number of carbonyl (C=O) groups excluding carboxylic acids is 1. The third kappa shape index (κ3) is 4.38. The third-order valence-electron chi connectivity index (χ3n) is 2.94. The van der Waals surface area contributed by atoms with E-state index in [2.05, 4.69) is 0 Å². The van der Waals surface area contributed by atoms with Gasteiger partial charge in [-0.25, -0.2) is 0 Å². The van der Waals surface area contributed by atoms with E-state index in [1.54, 1.807) is 30.3 Å². The van der Waals surface area contributed by atoms with Crippen molar-refractivity contribution < 1.29 is 27.5 Å². The molecule has 1 aromatic heterocycles. The van der Waals surface area contributed by atoms with Crippen molar-refractivity contribution >= 4 is 16.9 Å². The van der Waals surface area contributed by atoms with Crippen LogP contribution in [0.15, 0.2) is 53.1 Å². The van der Waals surface area contributed by atoms with Crippen molar-refractivity contribution in [2.75, 3.05) is 5.75 Å². The van der Waals surface area contributed by atoms with E-state index in [4.69, 9.17) is 4.42 Å². The molecule has 0 saturated carbocycles. The summed E-state index contributed by atoms with van der Waals surface area (Å²) in [7, 11) is 0. The van der Waals surface area contributed by atoms with Gasteiger partial charge in [0.1, 0.15) is 11.9 Å². The smallest absolute Gasteiger partial charge is 0.398 e. The van der Waals surface area contributed by atoms with Crippen molar-refractivity contribution in [1.82, 2.24) is 0 Å². The van der Waals surface area contributed by atoms with Gasteiger partial charge in [-0.3, -0.25) is 4.79 Å². The lowest BCUT2D eigenvalue weighted by atomic mass is 9.93. The zero-order valence-electron chi connectivity index (χ0n) is 11.3. The highest BCUT2D eigenvalue weighted by atomic mass is 32.2. The maximum atomic E-state index is 12.3. The molecule has 22 heavy (non-hydrogen) atoms. The Hall–Kier alpha value is -1.73. The van der Waals surface area contributed by atoms with Gasteiger partial charge in [0, 0.05) is 0 Å². The van der Waals surface area contributed by atoms with Gasteiger partial charge in [0.25, 0.3) is 0 Å². The lowest BCUT2D eigenvalue weighted by Crippen LogP contribution is -2.21. The van der Waals surface area contributed by atoms with E-state index in [0.29, 0.717) is 5.56 Å². The fourth-order valence-corrected chi connectivity index (χ4v) is 2.72. The van der Waals surface area contributed by atoms with Crippen LogP contribution in [-0.2, 0) is 4.79 Å². The molecule has 0 saturated heterocycles. The Morgan fingerprint density at radius 3 is 2.41 bits per heavy atom. The molecule has 1 N–H and O–H groups in total. The highest BCUT2D eigenvalue weighted by Crippen LogP contribution is 2.36. The Balaban J connectivity index is 2.24. The standard InChI is InChI=1S/C15H13F3O3S/c16-15(17,18)9-22-14(20)12(10-5-2-1-3-6-10)13(19)11-7-4-8-21-11/h1-8,12-13,19H,9H2/t12-,13+/m1/s1. The van der Waals surface area contributed by atoms with Crippen molar-refractivity contribution in [1.29, 1.82) is 0 Å². The van der Waals surface area contributed by atoms with Gasteiger partial charge in [-0.15, -0.1) is 0 Å². The van der Waals surface area contributed by atoms with E-state index >= 15 is 0 Å². The van der Waals surface area contributed by atoms with Crippen molar-refractivity contribution in [3.8, 4) is 0 Å². The molecule has 1 aromatic carbocycles. The summed E-state index contributed by atoms with van der Waals surface area (Å²) >= 11 is 0.146. The normalized spacial score (nSPS) is 14.5. The topological polar surface area (TPSA) is 50.4 Å². The van der Waals surface area contributed by atoms with Gasteiger partial charge in [0.15, 0.2) is 5.12 Å². The summed E-state index contributed by atoms with van der Waals surface area (Å²) in [6.07, 6.45) is -4.46. The van der Waals surface area contributed by atoms with Crippen molar-refractivity contribution in [3.63, 3.8) is 0 Å². The first kappa shape index (κ1) is 16.6. The van der Waals surface area contributed by atoms with Crippen LogP contribution in [0, 0.1) is 0 Å². The predicted octanol–water partition coefficient (Wildman–Crippen LogP) is 3.92. The minimum Gasteiger partial charge on any atom is -0.467 e. The Labute approximate surface area is 129 Å². The van der Waals surface area contributed by atoms with Crippen LogP contribution in [0.5, 0.6) is 0 Å². The van der Waals surface area contributed by atoms with Crippen LogP contribution in [0.25, 0.3) is 0 Å². The molecule has 0 aliphatic rings. The minimum absolute atomic E-state index is 0.134.